The quantitative estimate of drug-likeness (QED) is 0.364. The summed E-state index contributed by atoms with van der Waals surface area (Å²) >= 11 is 3.49. The van der Waals surface area contributed by atoms with Crippen LogP contribution in [0, 0.1) is 5.92 Å². The lowest BCUT2D eigenvalue weighted by molar-refractivity contribution is -0.274. The van der Waals surface area contributed by atoms with E-state index in [1.807, 2.05) is 6.07 Å². The second kappa shape index (κ2) is 10.3. The molecule has 2 aromatic heterocycles. The normalized spacial score (nSPS) is 19.1. The van der Waals surface area contributed by atoms with Crippen LogP contribution in [0.25, 0.3) is 5.65 Å². The van der Waals surface area contributed by atoms with E-state index in [1.165, 1.54) is 18.6 Å². The second-order valence-electron chi connectivity index (χ2n) is 8.51. The Morgan fingerprint density at radius 2 is 1.97 bits per heavy atom. The van der Waals surface area contributed by atoms with Crippen LogP contribution < -0.4 is 14.8 Å². The molecule has 0 amide bonds. The third-order valence-corrected chi connectivity index (χ3v) is 8.03. The third-order valence-electron chi connectivity index (χ3n) is 6.01. The van der Waals surface area contributed by atoms with Crippen LogP contribution in [0.5, 0.6) is 5.75 Å². The van der Waals surface area contributed by atoms with Crippen LogP contribution in [0.15, 0.2) is 45.9 Å². The average molecular weight is 576 g/mol. The van der Waals surface area contributed by atoms with Gasteiger partial charge in [-0.05, 0) is 40.4 Å². The van der Waals surface area contributed by atoms with E-state index < -0.39 is 22.1 Å². The van der Waals surface area contributed by atoms with Crippen LogP contribution in [0.2, 0.25) is 0 Å². The molecule has 190 valence electrons. The Morgan fingerprint density at radius 1 is 1.20 bits per heavy atom. The van der Waals surface area contributed by atoms with E-state index in [9.17, 15) is 21.6 Å². The number of aromatic nitrogens is 3. The Labute approximate surface area is 209 Å². The van der Waals surface area contributed by atoms with E-state index in [2.05, 4.69) is 42.7 Å². The molecule has 1 saturated carbocycles. The summed E-state index contributed by atoms with van der Waals surface area (Å²) in [6.07, 6.45) is 1.32. The summed E-state index contributed by atoms with van der Waals surface area (Å²) in [6, 6.07) is 6.20. The van der Waals surface area contributed by atoms with Crippen molar-refractivity contribution in [2.45, 2.75) is 49.8 Å². The number of alkyl halides is 3. The van der Waals surface area contributed by atoms with Gasteiger partial charge in [0.1, 0.15) is 11.6 Å². The van der Waals surface area contributed by atoms with E-state index in [4.69, 9.17) is 4.98 Å². The molecule has 2 N–H and O–H groups in total. The highest BCUT2D eigenvalue weighted by Crippen LogP contribution is 2.38. The lowest BCUT2D eigenvalue weighted by Gasteiger charge is -2.28. The van der Waals surface area contributed by atoms with Gasteiger partial charge in [-0.2, -0.15) is 9.61 Å². The first kappa shape index (κ1) is 25.7. The van der Waals surface area contributed by atoms with Crippen molar-refractivity contribution >= 4 is 37.4 Å². The number of hydrogen-bond acceptors (Lipinski definition) is 6. The summed E-state index contributed by atoms with van der Waals surface area (Å²) in [5.74, 6) is 0.914. The SMILES string of the molecule is CC1CCCCC1c1cc(NCCNS(=O)(=O)c2cccc(OC(F)(F)F)c2)n2ncc(Br)c2n1. The van der Waals surface area contributed by atoms with Gasteiger partial charge in [0.25, 0.3) is 0 Å². The maximum absolute atomic E-state index is 12.6. The van der Waals surface area contributed by atoms with Crippen molar-refractivity contribution in [1.29, 1.82) is 0 Å². The molecule has 13 heteroatoms. The van der Waals surface area contributed by atoms with Gasteiger partial charge >= 0.3 is 6.36 Å². The van der Waals surface area contributed by atoms with Gasteiger partial charge in [0.15, 0.2) is 5.65 Å². The molecule has 1 aromatic carbocycles. The Kier molecular flexibility index (Phi) is 7.57. The van der Waals surface area contributed by atoms with Gasteiger partial charge in [-0.1, -0.05) is 32.3 Å². The number of nitrogens with one attached hydrogen (secondary N) is 2. The summed E-state index contributed by atoms with van der Waals surface area (Å²) < 4.78 is 71.1. The van der Waals surface area contributed by atoms with E-state index >= 15 is 0 Å². The predicted octanol–water partition coefficient (Wildman–Crippen LogP) is 5.07. The molecule has 8 nitrogen and oxygen atoms in total. The maximum Gasteiger partial charge on any atom is 0.573 e. The summed E-state index contributed by atoms with van der Waals surface area (Å²) in [7, 11) is -4.04. The molecule has 2 unspecified atom stereocenters. The van der Waals surface area contributed by atoms with E-state index in [-0.39, 0.29) is 18.0 Å². The topological polar surface area (TPSA) is 97.6 Å². The monoisotopic (exact) mass is 575 g/mol. The molecule has 3 aromatic rings. The van der Waals surface area contributed by atoms with Gasteiger partial charge in [0.05, 0.1) is 15.6 Å². The highest BCUT2D eigenvalue weighted by atomic mass is 79.9. The third kappa shape index (κ3) is 6.25. The molecular weight excluding hydrogens is 551 g/mol. The Bertz CT molecular complexity index is 1300. The average Bonchev–Trinajstić information content (AvgIpc) is 3.17. The van der Waals surface area contributed by atoms with Crippen LogP contribution in [-0.2, 0) is 10.0 Å². The number of rotatable bonds is 8. The first-order valence-corrected chi connectivity index (χ1v) is 13.4. The smallest absolute Gasteiger partial charge is 0.406 e. The van der Waals surface area contributed by atoms with Crippen molar-refractivity contribution in [1.82, 2.24) is 19.3 Å². The number of sulfonamides is 1. The van der Waals surface area contributed by atoms with E-state index in [0.29, 0.717) is 23.3 Å². The lowest BCUT2D eigenvalue weighted by Crippen LogP contribution is -2.29. The Morgan fingerprint density at radius 3 is 2.71 bits per heavy atom. The second-order valence-corrected chi connectivity index (χ2v) is 11.1. The fourth-order valence-electron chi connectivity index (χ4n) is 4.32. The fraction of sp³-hybridized carbons (Fsp3) is 0.455. The van der Waals surface area contributed by atoms with Gasteiger partial charge in [-0.3, -0.25) is 0 Å². The molecule has 35 heavy (non-hydrogen) atoms. The number of nitrogens with zero attached hydrogens (tertiary/aromatic N) is 3. The summed E-state index contributed by atoms with van der Waals surface area (Å²) in [4.78, 5) is 4.50. The molecule has 2 heterocycles. The highest BCUT2D eigenvalue weighted by Gasteiger charge is 2.31. The van der Waals surface area contributed by atoms with Crippen molar-refractivity contribution in [2.24, 2.45) is 5.92 Å². The molecule has 1 aliphatic rings. The number of fused-ring (bicyclic) bond motifs is 1. The Hall–Kier alpha value is -2.38. The molecular formula is C22H25BrF3N5O3S. The zero-order chi connectivity index (χ0) is 25.2. The van der Waals surface area contributed by atoms with Crippen LogP contribution in [0.1, 0.15) is 44.2 Å². The number of benzene rings is 1. The van der Waals surface area contributed by atoms with Crippen LogP contribution >= 0.6 is 15.9 Å². The Balaban J connectivity index is 1.45. The summed E-state index contributed by atoms with van der Waals surface area (Å²) in [6.45, 7) is 2.44. The first-order chi connectivity index (χ1) is 16.5. The molecule has 2 atom stereocenters. The molecule has 1 aliphatic carbocycles. The summed E-state index contributed by atoms with van der Waals surface area (Å²) in [5, 5.41) is 7.54. The van der Waals surface area contributed by atoms with Crippen LogP contribution in [0.4, 0.5) is 19.0 Å². The molecule has 4 rings (SSSR count). The molecule has 1 fully saturated rings. The van der Waals surface area contributed by atoms with Gasteiger partial charge in [-0.25, -0.2) is 18.1 Å². The van der Waals surface area contributed by atoms with Gasteiger partial charge < -0.3 is 10.1 Å². The molecule has 0 saturated heterocycles. The molecule has 0 spiro atoms. The molecule has 0 aliphatic heterocycles. The zero-order valence-electron chi connectivity index (χ0n) is 18.8. The molecule has 0 bridgehead atoms. The fourth-order valence-corrected chi connectivity index (χ4v) is 5.74. The maximum atomic E-state index is 12.6. The minimum Gasteiger partial charge on any atom is -0.406 e. The number of ether oxygens (including phenoxy) is 1. The number of halogens is 4. The highest BCUT2D eigenvalue weighted by molar-refractivity contribution is 9.10. The minimum absolute atomic E-state index is 0.00585. The number of anilines is 1. The van der Waals surface area contributed by atoms with Crippen molar-refractivity contribution < 1.29 is 26.3 Å². The van der Waals surface area contributed by atoms with Crippen molar-refractivity contribution in [2.75, 3.05) is 18.4 Å². The van der Waals surface area contributed by atoms with Gasteiger partial charge in [-0.15, -0.1) is 13.2 Å². The largest absolute Gasteiger partial charge is 0.573 e. The first-order valence-electron chi connectivity index (χ1n) is 11.2. The predicted molar refractivity (Wildman–Crippen MR) is 128 cm³/mol. The standard InChI is InChI=1S/C22H25BrF3N5O3S/c1-14-5-2-3-8-17(14)19-12-20(31-21(30-19)18(23)13-28-31)27-9-10-29-35(32,33)16-7-4-6-15(11-16)34-22(24,25)26/h4,6-7,11-14,17,27,29H,2-3,5,8-10H2,1H3. The number of hydrogen-bond donors (Lipinski definition) is 2. The van der Waals surface area contributed by atoms with Crippen molar-refractivity contribution in [3.8, 4) is 5.75 Å². The van der Waals surface area contributed by atoms with Crippen LogP contribution in [0.3, 0.4) is 0 Å². The minimum atomic E-state index is -4.91. The van der Waals surface area contributed by atoms with Crippen molar-refractivity contribution in [3.05, 3.63) is 46.7 Å². The summed E-state index contributed by atoms with van der Waals surface area (Å²) in [5.41, 5.74) is 1.64. The molecule has 0 radical (unpaired) electrons. The van der Waals surface area contributed by atoms with Gasteiger partial charge in [0, 0.05) is 36.8 Å². The van der Waals surface area contributed by atoms with Crippen molar-refractivity contribution in [3.63, 3.8) is 0 Å². The lowest BCUT2D eigenvalue weighted by atomic mass is 9.78. The van der Waals surface area contributed by atoms with E-state index in [1.54, 1.807) is 10.7 Å². The van der Waals surface area contributed by atoms with E-state index in [0.717, 1.165) is 41.6 Å². The van der Waals surface area contributed by atoms with Crippen LogP contribution in [-0.4, -0.2) is 42.5 Å². The zero-order valence-corrected chi connectivity index (χ0v) is 21.3. The van der Waals surface area contributed by atoms with Gasteiger partial charge in [0.2, 0.25) is 10.0 Å².